The van der Waals surface area contributed by atoms with Crippen LogP contribution < -0.4 is 10.6 Å². The SMILES string of the molecule is CCn1c(SCC(=O)Nc2cccc(C(=O)OC(C)C)c2)nnc1[C@@H](NC(=O)c1ccc(C)cc1)C(C)C. The molecule has 0 saturated carbocycles. The van der Waals surface area contributed by atoms with Gasteiger partial charge in [-0.15, -0.1) is 10.2 Å². The van der Waals surface area contributed by atoms with Crippen LogP contribution in [0.2, 0.25) is 0 Å². The summed E-state index contributed by atoms with van der Waals surface area (Å²) < 4.78 is 7.14. The summed E-state index contributed by atoms with van der Waals surface area (Å²) in [4.78, 5) is 37.7. The van der Waals surface area contributed by atoms with Crippen molar-refractivity contribution >= 4 is 35.2 Å². The van der Waals surface area contributed by atoms with E-state index in [1.165, 1.54) is 11.8 Å². The van der Waals surface area contributed by atoms with Crippen molar-refractivity contribution in [3.8, 4) is 0 Å². The van der Waals surface area contributed by atoms with E-state index in [0.29, 0.717) is 34.3 Å². The second kappa shape index (κ2) is 13.2. The minimum atomic E-state index is -0.441. The molecule has 38 heavy (non-hydrogen) atoms. The van der Waals surface area contributed by atoms with Crippen LogP contribution in [0, 0.1) is 12.8 Å². The number of amides is 2. The fourth-order valence-electron chi connectivity index (χ4n) is 3.73. The summed E-state index contributed by atoms with van der Waals surface area (Å²) in [6.07, 6.45) is -0.232. The molecule has 1 heterocycles. The van der Waals surface area contributed by atoms with Crippen LogP contribution in [0.1, 0.15) is 72.8 Å². The van der Waals surface area contributed by atoms with E-state index in [2.05, 4.69) is 20.8 Å². The summed E-state index contributed by atoms with van der Waals surface area (Å²) >= 11 is 1.26. The van der Waals surface area contributed by atoms with Crippen molar-refractivity contribution in [1.29, 1.82) is 0 Å². The molecule has 3 rings (SSSR count). The van der Waals surface area contributed by atoms with Gasteiger partial charge in [0.1, 0.15) is 0 Å². The van der Waals surface area contributed by atoms with E-state index < -0.39 is 5.97 Å². The molecule has 202 valence electrons. The van der Waals surface area contributed by atoms with E-state index in [1.54, 1.807) is 50.2 Å². The lowest BCUT2D eigenvalue weighted by Gasteiger charge is -2.22. The van der Waals surface area contributed by atoms with Crippen molar-refractivity contribution in [3.63, 3.8) is 0 Å². The number of esters is 1. The molecule has 0 aliphatic carbocycles. The average molecular weight is 538 g/mol. The third kappa shape index (κ3) is 7.67. The monoisotopic (exact) mass is 537 g/mol. The second-order valence-electron chi connectivity index (χ2n) is 9.52. The van der Waals surface area contributed by atoms with Gasteiger partial charge in [0.25, 0.3) is 5.91 Å². The highest BCUT2D eigenvalue weighted by Gasteiger charge is 2.26. The Morgan fingerprint density at radius 1 is 1.00 bits per heavy atom. The molecule has 3 aromatic rings. The molecular formula is C28H35N5O4S. The topological polar surface area (TPSA) is 115 Å². The molecular weight excluding hydrogens is 502 g/mol. The fraction of sp³-hybridized carbons (Fsp3) is 0.393. The molecule has 2 aromatic carbocycles. The van der Waals surface area contributed by atoms with E-state index in [1.807, 2.05) is 44.4 Å². The first-order valence-electron chi connectivity index (χ1n) is 12.6. The molecule has 1 aromatic heterocycles. The molecule has 0 radical (unpaired) electrons. The minimum Gasteiger partial charge on any atom is -0.459 e. The minimum absolute atomic E-state index is 0.0645. The van der Waals surface area contributed by atoms with Gasteiger partial charge in [-0.25, -0.2) is 4.79 Å². The van der Waals surface area contributed by atoms with Crippen LogP contribution in [-0.4, -0.2) is 44.4 Å². The van der Waals surface area contributed by atoms with Crippen molar-refractivity contribution in [2.24, 2.45) is 5.92 Å². The van der Waals surface area contributed by atoms with Gasteiger partial charge in [0, 0.05) is 17.8 Å². The summed E-state index contributed by atoms with van der Waals surface area (Å²) in [7, 11) is 0. The van der Waals surface area contributed by atoms with Gasteiger partial charge in [-0.1, -0.05) is 49.4 Å². The first-order chi connectivity index (χ1) is 18.1. The number of nitrogens with zero attached hydrogens (tertiary/aromatic N) is 3. The zero-order chi connectivity index (χ0) is 27.8. The Labute approximate surface area is 227 Å². The lowest BCUT2D eigenvalue weighted by Crippen LogP contribution is -2.33. The van der Waals surface area contributed by atoms with Crippen LogP contribution >= 0.6 is 11.8 Å². The first kappa shape index (κ1) is 28.9. The Hall–Kier alpha value is -3.66. The maximum absolute atomic E-state index is 12.9. The molecule has 2 amide bonds. The lowest BCUT2D eigenvalue weighted by atomic mass is 10.0. The van der Waals surface area contributed by atoms with Crippen LogP contribution in [0.4, 0.5) is 5.69 Å². The molecule has 0 aliphatic heterocycles. The Morgan fingerprint density at radius 2 is 1.71 bits per heavy atom. The molecule has 0 fully saturated rings. The largest absolute Gasteiger partial charge is 0.459 e. The Balaban J connectivity index is 1.67. The Morgan fingerprint density at radius 3 is 2.34 bits per heavy atom. The molecule has 9 nitrogen and oxygen atoms in total. The molecule has 0 aliphatic rings. The Kier molecular flexibility index (Phi) is 10.1. The maximum Gasteiger partial charge on any atom is 0.338 e. The number of nitrogens with one attached hydrogen (secondary N) is 2. The number of aromatic nitrogens is 3. The molecule has 0 unspecified atom stereocenters. The number of ether oxygens (including phenoxy) is 1. The van der Waals surface area contributed by atoms with Gasteiger partial charge >= 0.3 is 5.97 Å². The van der Waals surface area contributed by atoms with Gasteiger partial charge < -0.3 is 19.9 Å². The zero-order valence-electron chi connectivity index (χ0n) is 22.6. The highest BCUT2D eigenvalue weighted by Crippen LogP contribution is 2.26. The van der Waals surface area contributed by atoms with Crippen molar-refractivity contribution < 1.29 is 19.1 Å². The molecule has 0 spiro atoms. The van der Waals surface area contributed by atoms with E-state index in [4.69, 9.17) is 4.74 Å². The van der Waals surface area contributed by atoms with E-state index >= 15 is 0 Å². The van der Waals surface area contributed by atoms with Crippen LogP contribution in [0.5, 0.6) is 0 Å². The molecule has 10 heteroatoms. The number of benzene rings is 2. The highest BCUT2D eigenvalue weighted by molar-refractivity contribution is 7.99. The normalized spacial score (nSPS) is 11.9. The van der Waals surface area contributed by atoms with Crippen LogP contribution in [-0.2, 0) is 16.1 Å². The number of carbonyl (C=O) groups excluding carboxylic acids is 3. The fourth-order valence-corrected chi connectivity index (χ4v) is 4.54. The van der Waals surface area contributed by atoms with Crippen molar-refractivity contribution in [3.05, 3.63) is 71.0 Å². The number of hydrogen-bond donors (Lipinski definition) is 2. The van der Waals surface area contributed by atoms with Crippen molar-refractivity contribution in [2.45, 2.75) is 65.4 Å². The first-order valence-corrected chi connectivity index (χ1v) is 13.6. The van der Waals surface area contributed by atoms with Crippen molar-refractivity contribution in [1.82, 2.24) is 20.1 Å². The molecule has 0 saturated heterocycles. The summed E-state index contributed by atoms with van der Waals surface area (Å²) in [6.45, 7) is 12.1. The smallest absolute Gasteiger partial charge is 0.338 e. The number of rotatable bonds is 11. The van der Waals surface area contributed by atoms with Crippen LogP contribution in [0.25, 0.3) is 0 Å². The van der Waals surface area contributed by atoms with Gasteiger partial charge in [0.2, 0.25) is 5.91 Å². The van der Waals surface area contributed by atoms with Gasteiger partial charge in [-0.2, -0.15) is 0 Å². The summed E-state index contributed by atoms with van der Waals surface area (Å²) in [5, 5.41) is 15.2. The number of thioether (sulfide) groups is 1. The number of carbonyl (C=O) groups is 3. The summed E-state index contributed by atoms with van der Waals surface area (Å²) in [5.41, 5.74) is 2.54. The number of hydrogen-bond acceptors (Lipinski definition) is 7. The third-order valence-electron chi connectivity index (χ3n) is 5.66. The van der Waals surface area contributed by atoms with Gasteiger partial charge in [0.15, 0.2) is 11.0 Å². The Bertz CT molecular complexity index is 1270. The molecule has 0 bridgehead atoms. The average Bonchev–Trinajstić information content (AvgIpc) is 3.28. The second-order valence-corrected chi connectivity index (χ2v) is 10.5. The standard InChI is InChI=1S/C28H35N5O4S/c1-7-33-25(24(17(2)3)30-26(35)20-13-11-19(6)12-14-20)31-32-28(33)38-16-23(34)29-22-10-8-9-21(15-22)27(36)37-18(4)5/h8-15,17-18,24H,7,16H2,1-6H3,(H,29,34)(H,30,35)/t24-/m0/s1. The highest BCUT2D eigenvalue weighted by atomic mass is 32.2. The van der Waals surface area contributed by atoms with Gasteiger partial charge in [-0.3, -0.25) is 9.59 Å². The zero-order valence-corrected chi connectivity index (χ0v) is 23.5. The number of anilines is 1. The lowest BCUT2D eigenvalue weighted by molar-refractivity contribution is -0.113. The van der Waals surface area contributed by atoms with E-state index in [-0.39, 0.29) is 35.6 Å². The van der Waals surface area contributed by atoms with Crippen LogP contribution in [0.3, 0.4) is 0 Å². The predicted molar refractivity (Wildman–Crippen MR) is 148 cm³/mol. The quantitative estimate of drug-likeness (QED) is 0.260. The van der Waals surface area contributed by atoms with Gasteiger partial charge in [-0.05, 0) is 63.9 Å². The molecule has 2 N–H and O–H groups in total. The van der Waals surface area contributed by atoms with Gasteiger partial charge in [0.05, 0.1) is 23.5 Å². The maximum atomic E-state index is 12.9. The summed E-state index contributed by atoms with van der Waals surface area (Å²) in [5.74, 6) is -0.0618. The van der Waals surface area contributed by atoms with Crippen LogP contribution in [0.15, 0.2) is 53.7 Å². The van der Waals surface area contributed by atoms with Crippen molar-refractivity contribution in [2.75, 3.05) is 11.1 Å². The predicted octanol–water partition coefficient (Wildman–Crippen LogP) is 5.03. The molecule has 1 atom stereocenters. The third-order valence-corrected chi connectivity index (χ3v) is 6.63. The van der Waals surface area contributed by atoms with E-state index in [0.717, 1.165) is 5.56 Å². The summed E-state index contributed by atoms with van der Waals surface area (Å²) in [6, 6.07) is 13.7. The number of aryl methyl sites for hydroxylation is 1. The van der Waals surface area contributed by atoms with E-state index in [9.17, 15) is 14.4 Å².